The molecule has 0 bridgehead atoms. The van der Waals surface area contributed by atoms with Crippen molar-refractivity contribution in [2.45, 2.75) is 44.4 Å². The molecular formula is C26H27F3SiZr. The Kier molecular flexibility index (Phi) is 6.22. The average molecular weight is 516 g/mol. The van der Waals surface area contributed by atoms with Gasteiger partial charge in [-0.05, 0) is 0 Å². The summed E-state index contributed by atoms with van der Waals surface area (Å²) in [6.45, 7) is 13.9. The van der Waals surface area contributed by atoms with E-state index in [0.29, 0.717) is 17.6 Å². The predicted molar refractivity (Wildman–Crippen MR) is 120 cm³/mol. The molecule has 2 aliphatic carbocycles. The molecule has 0 fully saturated rings. The molecule has 31 heavy (non-hydrogen) atoms. The zero-order valence-corrected chi connectivity index (χ0v) is 22.3. The van der Waals surface area contributed by atoms with Crippen LogP contribution in [-0.4, -0.2) is 5.43 Å². The molecule has 5 heteroatoms. The average Bonchev–Trinajstić information content (AvgIpc) is 3.18. The van der Waals surface area contributed by atoms with E-state index in [1.54, 1.807) is 3.28 Å². The third-order valence-corrected chi connectivity index (χ3v) is 25.6. The van der Waals surface area contributed by atoms with Gasteiger partial charge in [0, 0.05) is 0 Å². The Morgan fingerprint density at radius 1 is 0.903 bits per heavy atom. The van der Waals surface area contributed by atoms with Crippen molar-refractivity contribution in [1.29, 1.82) is 0 Å². The summed E-state index contributed by atoms with van der Waals surface area (Å²) >= 11 is -2.24. The van der Waals surface area contributed by atoms with Crippen molar-refractivity contribution >= 4 is 11.0 Å². The molecule has 2 unspecified atom stereocenters. The van der Waals surface area contributed by atoms with Crippen LogP contribution in [0.25, 0.3) is 5.57 Å². The van der Waals surface area contributed by atoms with Gasteiger partial charge >= 0.3 is 191 Å². The summed E-state index contributed by atoms with van der Waals surface area (Å²) in [7, 11) is 0. The van der Waals surface area contributed by atoms with Gasteiger partial charge in [0.1, 0.15) is 0 Å². The Bertz CT molecular complexity index is 1230. The number of benzene rings is 2. The van der Waals surface area contributed by atoms with Crippen LogP contribution in [0.1, 0.15) is 48.0 Å². The van der Waals surface area contributed by atoms with E-state index in [0.717, 1.165) is 11.6 Å². The van der Waals surface area contributed by atoms with Crippen LogP contribution in [-0.2, 0) is 20.4 Å². The van der Waals surface area contributed by atoms with Crippen LogP contribution < -0.4 is 0 Å². The first-order chi connectivity index (χ1) is 14.6. The number of hydrogen-bond donors (Lipinski definition) is 0. The third-order valence-electron chi connectivity index (χ3n) is 6.98. The van der Waals surface area contributed by atoms with Gasteiger partial charge in [-0.15, -0.1) is 0 Å². The number of halogens is 3. The molecular weight excluding hydrogens is 489 g/mol. The third kappa shape index (κ3) is 3.72. The van der Waals surface area contributed by atoms with E-state index in [1.165, 1.54) is 22.3 Å². The minimum absolute atomic E-state index is 0.0341. The Morgan fingerprint density at radius 2 is 1.58 bits per heavy atom. The standard InChI is InChI=1S/C15H8F3.C9H13.C2H6Si.Zr/c16-10-7-13(15(18)14(17)8-10)12-6-5-9-3-1-2-4-11(9)12;1-6-5-7(2)9(4)8(6)3;1-3-2;/h1-8H;6H,1-4H3;1-2H3;. The normalized spacial score (nSPS) is 20.4. The second-order valence-corrected chi connectivity index (χ2v) is 26.3. The number of rotatable bonds is 3. The van der Waals surface area contributed by atoms with Gasteiger partial charge in [0.15, 0.2) is 0 Å². The first-order valence-electron chi connectivity index (χ1n) is 10.7. The van der Waals surface area contributed by atoms with Crippen molar-refractivity contribution in [3.8, 4) is 0 Å². The fourth-order valence-corrected chi connectivity index (χ4v) is 24.8. The van der Waals surface area contributed by atoms with Crippen LogP contribution >= 0.6 is 0 Å². The van der Waals surface area contributed by atoms with Crippen molar-refractivity contribution in [2.24, 2.45) is 5.92 Å². The molecule has 0 spiro atoms. The summed E-state index contributed by atoms with van der Waals surface area (Å²) in [6, 6.07) is 9.80. The van der Waals surface area contributed by atoms with Crippen LogP contribution in [0.5, 0.6) is 0 Å². The maximum absolute atomic E-state index is 14.8. The van der Waals surface area contributed by atoms with Crippen molar-refractivity contribution in [1.82, 2.24) is 0 Å². The first-order valence-corrected chi connectivity index (χ1v) is 19.5. The zero-order chi connectivity index (χ0) is 22.6. The van der Waals surface area contributed by atoms with Crippen LogP contribution in [0.3, 0.4) is 0 Å². The Hall–Kier alpha value is -1.45. The van der Waals surface area contributed by atoms with E-state index in [1.807, 2.05) is 18.2 Å². The van der Waals surface area contributed by atoms with Crippen LogP contribution in [0.2, 0.25) is 13.1 Å². The molecule has 0 saturated heterocycles. The quantitative estimate of drug-likeness (QED) is 0.290. The molecule has 0 radical (unpaired) electrons. The molecule has 4 rings (SSSR count). The van der Waals surface area contributed by atoms with Crippen molar-refractivity contribution < 1.29 is 33.5 Å². The molecule has 2 aromatic carbocycles. The Balaban J connectivity index is 1.95. The molecule has 2 aliphatic rings. The van der Waals surface area contributed by atoms with Crippen molar-refractivity contribution in [3.63, 3.8) is 0 Å². The van der Waals surface area contributed by atoms with Gasteiger partial charge in [-0.1, -0.05) is 0 Å². The molecule has 0 saturated carbocycles. The van der Waals surface area contributed by atoms with E-state index in [9.17, 15) is 13.2 Å². The number of allylic oxidation sites excluding steroid dienone is 5. The fraction of sp³-hybridized carbons (Fsp3) is 0.308. The summed E-state index contributed by atoms with van der Waals surface area (Å²) in [5, 5.41) is 0. The van der Waals surface area contributed by atoms with Crippen LogP contribution in [0, 0.1) is 23.4 Å². The van der Waals surface area contributed by atoms with Gasteiger partial charge in [-0.3, -0.25) is 0 Å². The van der Waals surface area contributed by atoms with E-state index in [4.69, 9.17) is 0 Å². The second-order valence-electron chi connectivity index (χ2n) is 8.88. The zero-order valence-electron chi connectivity index (χ0n) is 18.8. The SMILES string of the molecule is CC1=C(C)C(C)[C]([Zr]([CH]2C=C(c3cc(F)cc(F)c3F)c3ccccc32)=[Si](C)C)=C1C. The summed E-state index contributed by atoms with van der Waals surface area (Å²) < 4.78 is 44.8. The molecule has 2 aromatic rings. The fourth-order valence-electron chi connectivity index (χ4n) is 5.13. The topological polar surface area (TPSA) is 0 Å². The monoisotopic (exact) mass is 514 g/mol. The molecule has 0 amide bonds. The summed E-state index contributed by atoms with van der Waals surface area (Å²) in [5.41, 5.74) is 6.53. The van der Waals surface area contributed by atoms with Gasteiger partial charge in [0.2, 0.25) is 0 Å². The van der Waals surface area contributed by atoms with E-state index in [2.05, 4.69) is 52.9 Å². The van der Waals surface area contributed by atoms with Gasteiger partial charge in [0.25, 0.3) is 0 Å². The van der Waals surface area contributed by atoms with Gasteiger partial charge in [0.05, 0.1) is 0 Å². The molecule has 0 nitrogen and oxygen atoms in total. The van der Waals surface area contributed by atoms with E-state index >= 15 is 0 Å². The van der Waals surface area contributed by atoms with E-state index in [-0.39, 0.29) is 9.19 Å². The summed E-state index contributed by atoms with van der Waals surface area (Å²) in [6.07, 6.45) is 2.14. The maximum atomic E-state index is 14.8. The Morgan fingerprint density at radius 3 is 2.19 bits per heavy atom. The first kappa shape index (κ1) is 22.7. The summed E-state index contributed by atoms with van der Waals surface area (Å²) in [5.74, 6) is -2.39. The number of fused-ring (bicyclic) bond motifs is 1. The predicted octanol–water partition coefficient (Wildman–Crippen LogP) is 7.72. The van der Waals surface area contributed by atoms with Crippen LogP contribution in [0.4, 0.5) is 13.2 Å². The molecule has 0 aliphatic heterocycles. The van der Waals surface area contributed by atoms with Crippen LogP contribution in [0.15, 0.2) is 62.5 Å². The van der Waals surface area contributed by atoms with E-state index < -0.39 is 43.3 Å². The summed E-state index contributed by atoms with van der Waals surface area (Å²) in [4.78, 5) is 0. The van der Waals surface area contributed by atoms with Crippen molar-refractivity contribution in [3.05, 3.63) is 96.6 Å². The molecule has 160 valence electrons. The molecule has 2 atom stereocenters. The molecule has 0 aromatic heterocycles. The minimum atomic E-state index is -2.24. The second kappa shape index (κ2) is 8.48. The van der Waals surface area contributed by atoms with Crippen molar-refractivity contribution in [2.75, 3.05) is 0 Å². The van der Waals surface area contributed by atoms with Gasteiger partial charge in [-0.25, -0.2) is 0 Å². The van der Waals surface area contributed by atoms with Gasteiger partial charge < -0.3 is 0 Å². The number of hydrogen-bond acceptors (Lipinski definition) is 0. The van der Waals surface area contributed by atoms with Gasteiger partial charge in [-0.2, -0.15) is 0 Å². The molecule has 0 heterocycles. The molecule has 0 N–H and O–H groups in total. The Labute approximate surface area is 190 Å².